The van der Waals surface area contributed by atoms with E-state index in [0.717, 1.165) is 16.2 Å². The number of rotatable bonds is 4. The zero-order chi connectivity index (χ0) is 15.4. The molecule has 3 rings (SSSR count). The van der Waals surface area contributed by atoms with Crippen molar-refractivity contribution >= 4 is 17.5 Å². The molecule has 1 heterocycles. The van der Waals surface area contributed by atoms with Crippen LogP contribution in [0.2, 0.25) is 0 Å². The standard InChI is InChI=1S/C19H21NOS/c1-14-12-16(18(21)15-8-4-2-5-9-15)13-20-19(14)22-17-10-6-3-7-11-17/h2,4-5,8-9,12-13,17H,3,6-7,10-11H2,1H3. The first-order valence-corrected chi connectivity index (χ1v) is 8.85. The van der Waals surface area contributed by atoms with Gasteiger partial charge in [-0.25, -0.2) is 4.98 Å². The minimum absolute atomic E-state index is 0.0467. The van der Waals surface area contributed by atoms with Crippen molar-refractivity contribution in [2.24, 2.45) is 0 Å². The average Bonchev–Trinajstić information content (AvgIpc) is 2.58. The molecule has 1 aliphatic carbocycles. The number of nitrogens with zero attached hydrogens (tertiary/aromatic N) is 1. The third kappa shape index (κ3) is 3.58. The second kappa shape index (κ2) is 7.10. The summed E-state index contributed by atoms with van der Waals surface area (Å²) in [6.07, 6.45) is 8.34. The highest BCUT2D eigenvalue weighted by Crippen LogP contribution is 2.34. The zero-order valence-electron chi connectivity index (χ0n) is 12.9. The Kier molecular flexibility index (Phi) is 4.94. The lowest BCUT2D eigenvalue weighted by atomic mass is 10.0. The van der Waals surface area contributed by atoms with Crippen molar-refractivity contribution in [2.75, 3.05) is 0 Å². The summed E-state index contributed by atoms with van der Waals surface area (Å²) in [5, 5.41) is 1.77. The monoisotopic (exact) mass is 311 g/mol. The molecule has 0 radical (unpaired) electrons. The Balaban J connectivity index is 1.75. The number of carbonyl (C=O) groups excluding carboxylic acids is 1. The summed E-state index contributed by atoms with van der Waals surface area (Å²) in [4.78, 5) is 17.0. The Hall–Kier alpha value is -1.61. The van der Waals surface area contributed by atoms with Crippen LogP contribution in [0.25, 0.3) is 0 Å². The number of hydrogen-bond donors (Lipinski definition) is 0. The van der Waals surface area contributed by atoms with Crippen LogP contribution in [-0.4, -0.2) is 16.0 Å². The molecule has 0 bridgehead atoms. The first kappa shape index (κ1) is 15.3. The maximum Gasteiger partial charge on any atom is 0.194 e. The maximum atomic E-state index is 12.5. The van der Waals surface area contributed by atoms with E-state index in [0.29, 0.717) is 10.8 Å². The first-order valence-electron chi connectivity index (χ1n) is 7.97. The minimum atomic E-state index is 0.0467. The smallest absolute Gasteiger partial charge is 0.194 e. The number of hydrogen-bond acceptors (Lipinski definition) is 3. The molecule has 2 aromatic rings. The lowest BCUT2D eigenvalue weighted by Gasteiger charge is -2.21. The van der Waals surface area contributed by atoms with E-state index in [2.05, 4.69) is 11.9 Å². The molecule has 1 aromatic carbocycles. The van der Waals surface area contributed by atoms with E-state index in [1.807, 2.05) is 48.2 Å². The molecule has 0 amide bonds. The highest BCUT2D eigenvalue weighted by atomic mass is 32.2. The third-order valence-corrected chi connectivity index (χ3v) is 5.61. The van der Waals surface area contributed by atoms with E-state index >= 15 is 0 Å². The Morgan fingerprint density at radius 2 is 1.82 bits per heavy atom. The lowest BCUT2D eigenvalue weighted by Crippen LogP contribution is -2.09. The SMILES string of the molecule is Cc1cc(C(=O)c2ccccc2)cnc1SC1CCCCC1. The zero-order valence-corrected chi connectivity index (χ0v) is 13.7. The second-order valence-corrected chi connectivity index (χ2v) is 7.21. The summed E-state index contributed by atoms with van der Waals surface area (Å²) < 4.78 is 0. The molecule has 0 N–H and O–H groups in total. The predicted molar refractivity (Wildman–Crippen MR) is 91.6 cm³/mol. The van der Waals surface area contributed by atoms with Crippen molar-refractivity contribution in [3.63, 3.8) is 0 Å². The number of thioether (sulfide) groups is 1. The number of aryl methyl sites for hydroxylation is 1. The van der Waals surface area contributed by atoms with E-state index in [-0.39, 0.29) is 5.78 Å². The highest BCUT2D eigenvalue weighted by molar-refractivity contribution is 7.99. The maximum absolute atomic E-state index is 12.5. The molecule has 22 heavy (non-hydrogen) atoms. The van der Waals surface area contributed by atoms with Gasteiger partial charge in [0.05, 0.1) is 5.03 Å². The van der Waals surface area contributed by atoms with E-state index in [1.54, 1.807) is 6.20 Å². The summed E-state index contributed by atoms with van der Waals surface area (Å²) in [5.74, 6) is 0.0467. The van der Waals surface area contributed by atoms with Crippen LogP contribution >= 0.6 is 11.8 Å². The van der Waals surface area contributed by atoms with Gasteiger partial charge in [-0.1, -0.05) is 49.6 Å². The van der Waals surface area contributed by atoms with Gasteiger partial charge in [0.1, 0.15) is 0 Å². The van der Waals surface area contributed by atoms with E-state index in [9.17, 15) is 4.79 Å². The fraction of sp³-hybridized carbons (Fsp3) is 0.368. The van der Waals surface area contributed by atoms with Crippen molar-refractivity contribution in [3.8, 4) is 0 Å². The minimum Gasteiger partial charge on any atom is -0.289 e. The van der Waals surface area contributed by atoms with Crippen molar-refractivity contribution in [3.05, 3.63) is 59.3 Å². The van der Waals surface area contributed by atoms with Gasteiger partial charge in [0, 0.05) is 22.6 Å². The van der Waals surface area contributed by atoms with Crippen LogP contribution < -0.4 is 0 Å². The number of aromatic nitrogens is 1. The van der Waals surface area contributed by atoms with Crippen molar-refractivity contribution in [1.82, 2.24) is 4.98 Å². The molecule has 1 aromatic heterocycles. The molecule has 114 valence electrons. The second-order valence-electron chi connectivity index (χ2n) is 5.92. The predicted octanol–water partition coefficient (Wildman–Crippen LogP) is 5.05. The van der Waals surface area contributed by atoms with Crippen LogP contribution in [0.15, 0.2) is 47.6 Å². The Morgan fingerprint density at radius 3 is 2.50 bits per heavy atom. The highest BCUT2D eigenvalue weighted by Gasteiger charge is 2.17. The van der Waals surface area contributed by atoms with Gasteiger partial charge >= 0.3 is 0 Å². The molecule has 0 aliphatic heterocycles. The van der Waals surface area contributed by atoms with Gasteiger partial charge < -0.3 is 0 Å². The fourth-order valence-corrected chi connectivity index (χ4v) is 4.15. The van der Waals surface area contributed by atoms with Gasteiger partial charge in [-0.3, -0.25) is 4.79 Å². The molecule has 1 saturated carbocycles. The molecular weight excluding hydrogens is 290 g/mol. The van der Waals surface area contributed by atoms with Gasteiger partial charge in [-0.2, -0.15) is 0 Å². The van der Waals surface area contributed by atoms with Crippen molar-refractivity contribution in [2.45, 2.75) is 49.3 Å². The van der Waals surface area contributed by atoms with Crippen molar-refractivity contribution < 1.29 is 4.79 Å². The Bertz CT molecular complexity index is 648. The van der Waals surface area contributed by atoms with Crippen LogP contribution in [0.4, 0.5) is 0 Å². The summed E-state index contributed by atoms with van der Waals surface area (Å²) in [6, 6.07) is 11.4. The Labute approximate surface area is 136 Å². The Morgan fingerprint density at radius 1 is 1.09 bits per heavy atom. The van der Waals surface area contributed by atoms with E-state index in [4.69, 9.17) is 0 Å². The summed E-state index contributed by atoms with van der Waals surface area (Å²) >= 11 is 1.88. The summed E-state index contributed by atoms with van der Waals surface area (Å²) in [7, 11) is 0. The average molecular weight is 311 g/mol. The number of ketones is 1. The van der Waals surface area contributed by atoms with Gasteiger partial charge in [0.2, 0.25) is 0 Å². The molecule has 0 atom stereocenters. The van der Waals surface area contributed by atoms with Crippen LogP contribution in [0.3, 0.4) is 0 Å². The van der Waals surface area contributed by atoms with Gasteiger partial charge in [-0.05, 0) is 31.4 Å². The number of carbonyl (C=O) groups is 1. The third-order valence-electron chi connectivity index (χ3n) is 4.16. The molecule has 0 unspecified atom stereocenters. The summed E-state index contributed by atoms with van der Waals surface area (Å²) in [5.41, 5.74) is 2.51. The molecule has 1 fully saturated rings. The molecular formula is C19H21NOS. The van der Waals surface area contributed by atoms with Crippen LogP contribution in [0.1, 0.15) is 53.6 Å². The van der Waals surface area contributed by atoms with Gasteiger partial charge in [-0.15, -0.1) is 11.8 Å². The van der Waals surface area contributed by atoms with E-state index < -0.39 is 0 Å². The molecule has 3 heteroatoms. The lowest BCUT2D eigenvalue weighted by molar-refractivity contribution is 0.103. The molecule has 0 saturated heterocycles. The summed E-state index contributed by atoms with van der Waals surface area (Å²) in [6.45, 7) is 2.06. The number of pyridine rings is 1. The molecule has 0 spiro atoms. The van der Waals surface area contributed by atoms with Gasteiger partial charge in [0.25, 0.3) is 0 Å². The van der Waals surface area contributed by atoms with E-state index in [1.165, 1.54) is 32.1 Å². The first-order chi connectivity index (χ1) is 10.7. The topological polar surface area (TPSA) is 30.0 Å². The normalized spacial score (nSPS) is 15.7. The largest absolute Gasteiger partial charge is 0.289 e. The number of benzene rings is 1. The van der Waals surface area contributed by atoms with Crippen molar-refractivity contribution in [1.29, 1.82) is 0 Å². The molecule has 1 aliphatic rings. The fourth-order valence-electron chi connectivity index (χ4n) is 2.91. The van der Waals surface area contributed by atoms with Crippen LogP contribution in [0, 0.1) is 6.92 Å². The van der Waals surface area contributed by atoms with Gasteiger partial charge in [0.15, 0.2) is 5.78 Å². The quantitative estimate of drug-likeness (QED) is 0.740. The van der Waals surface area contributed by atoms with Crippen LogP contribution in [0.5, 0.6) is 0 Å². The van der Waals surface area contributed by atoms with Crippen LogP contribution in [-0.2, 0) is 0 Å². The molecule has 2 nitrogen and oxygen atoms in total.